The van der Waals surface area contributed by atoms with Crippen LogP contribution in [0.5, 0.6) is 5.75 Å². The zero-order valence-electron chi connectivity index (χ0n) is 12.8. The van der Waals surface area contributed by atoms with Gasteiger partial charge < -0.3 is 14.8 Å². The Hall–Kier alpha value is -0.580. The van der Waals surface area contributed by atoms with E-state index in [1.807, 2.05) is 7.05 Å². The summed E-state index contributed by atoms with van der Waals surface area (Å²) >= 11 is 3.67. The third-order valence-electron chi connectivity index (χ3n) is 4.27. The molecule has 1 aromatic rings. The molecule has 1 unspecified atom stereocenters. The number of nitrogens with one attached hydrogen (secondary N) is 1. The van der Waals surface area contributed by atoms with Gasteiger partial charge in [0.2, 0.25) is 0 Å². The van der Waals surface area contributed by atoms with Gasteiger partial charge in [-0.3, -0.25) is 0 Å². The Morgan fingerprint density at radius 2 is 2.00 bits per heavy atom. The Balaban J connectivity index is 2.47. The first-order valence-electron chi connectivity index (χ1n) is 7.18. The first kappa shape index (κ1) is 15.8. The maximum absolute atomic E-state index is 5.69. The van der Waals surface area contributed by atoms with Crippen molar-refractivity contribution in [2.24, 2.45) is 5.92 Å². The van der Waals surface area contributed by atoms with Crippen LogP contribution in [0.25, 0.3) is 0 Å². The number of aryl methyl sites for hydroxylation is 1. The van der Waals surface area contributed by atoms with E-state index in [2.05, 4.69) is 41.2 Å². The fourth-order valence-electron chi connectivity index (χ4n) is 3.19. The third kappa shape index (κ3) is 3.02. The van der Waals surface area contributed by atoms with Crippen molar-refractivity contribution < 1.29 is 9.47 Å². The van der Waals surface area contributed by atoms with Crippen LogP contribution < -0.4 is 10.1 Å². The first-order valence-corrected chi connectivity index (χ1v) is 7.98. The Morgan fingerprint density at radius 1 is 1.35 bits per heavy atom. The molecule has 0 spiro atoms. The molecule has 1 aliphatic heterocycles. The topological polar surface area (TPSA) is 30.5 Å². The number of benzene rings is 1. The predicted octanol–water partition coefficient (Wildman–Crippen LogP) is 3.76. The molecule has 4 heteroatoms. The molecule has 0 bridgehead atoms. The average Bonchev–Trinajstić information content (AvgIpc) is 2.46. The number of ether oxygens (including phenoxy) is 2. The Bertz CT molecular complexity index is 470. The van der Waals surface area contributed by atoms with E-state index in [0.717, 1.165) is 36.3 Å². The fourth-order valence-corrected chi connectivity index (χ4v) is 3.74. The highest BCUT2D eigenvalue weighted by Gasteiger charge is 2.29. The zero-order chi connectivity index (χ0) is 14.7. The molecule has 1 N–H and O–H groups in total. The molecule has 2 rings (SSSR count). The number of hydrogen-bond acceptors (Lipinski definition) is 3. The smallest absolute Gasteiger partial charge is 0.126 e. The van der Waals surface area contributed by atoms with E-state index in [-0.39, 0.29) is 0 Å². The lowest BCUT2D eigenvalue weighted by Gasteiger charge is -2.33. The van der Waals surface area contributed by atoms with Gasteiger partial charge in [0.1, 0.15) is 5.75 Å². The molecule has 112 valence electrons. The second kappa shape index (κ2) is 6.92. The van der Waals surface area contributed by atoms with Gasteiger partial charge in [-0.25, -0.2) is 0 Å². The second-order valence-corrected chi connectivity index (χ2v) is 6.32. The van der Waals surface area contributed by atoms with Gasteiger partial charge in [0, 0.05) is 29.3 Å². The van der Waals surface area contributed by atoms with E-state index in [4.69, 9.17) is 9.47 Å². The van der Waals surface area contributed by atoms with Gasteiger partial charge in [-0.2, -0.15) is 0 Å². The van der Waals surface area contributed by atoms with Gasteiger partial charge >= 0.3 is 0 Å². The minimum absolute atomic E-state index is 0.310. The lowest BCUT2D eigenvalue weighted by atomic mass is 9.84. The molecule has 1 atom stereocenters. The molecule has 1 aliphatic rings. The molecule has 3 nitrogen and oxygen atoms in total. The van der Waals surface area contributed by atoms with Crippen molar-refractivity contribution in [2.75, 3.05) is 27.4 Å². The SMILES string of the molecule is CNC(c1c(C)c(Br)cc(C)c1OC)C1CCOCC1. The Morgan fingerprint density at radius 3 is 2.55 bits per heavy atom. The summed E-state index contributed by atoms with van der Waals surface area (Å²) in [5, 5.41) is 3.50. The summed E-state index contributed by atoms with van der Waals surface area (Å²) in [6, 6.07) is 2.44. The highest BCUT2D eigenvalue weighted by Crippen LogP contribution is 2.41. The molecular formula is C16H24BrNO2. The minimum atomic E-state index is 0.310. The third-order valence-corrected chi connectivity index (χ3v) is 5.10. The van der Waals surface area contributed by atoms with Crippen LogP contribution in [0.3, 0.4) is 0 Å². The van der Waals surface area contributed by atoms with Gasteiger partial charge in [-0.15, -0.1) is 0 Å². The molecule has 0 aliphatic carbocycles. The van der Waals surface area contributed by atoms with E-state index < -0.39 is 0 Å². The van der Waals surface area contributed by atoms with Crippen molar-refractivity contribution in [3.63, 3.8) is 0 Å². The quantitative estimate of drug-likeness (QED) is 0.904. The second-order valence-electron chi connectivity index (χ2n) is 5.46. The van der Waals surface area contributed by atoms with Gasteiger partial charge in [-0.05, 0) is 56.8 Å². The lowest BCUT2D eigenvalue weighted by molar-refractivity contribution is 0.0542. The average molecular weight is 342 g/mol. The number of rotatable bonds is 4. The first-order chi connectivity index (χ1) is 9.60. The summed E-state index contributed by atoms with van der Waals surface area (Å²) in [7, 11) is 3.80. The summed E-state index contributed by atoms with van der Waals surface area (Å²) in [6.07, 6.45) is 2.19. The zero-order valence-corrected chi connectivity index (χ0v) is 14.3. The number of methoxy groups -OCH3 is 1. The van der Waals surface area contributed by atoms with Crippen LogP contribution in [0.4, 0.5) is 0 Å². The van der Waals surface area contributed by atoms with Crippen LogP contribution in [-0.2, 0) is 4.74 Å². The monoisotopic (exact) mass is 341 g/mol. The molecule has 0 aromatic heterocycles. The molecule has 0 radical (unpaired) electrons. The standard InChI is InChI=1S/C16H24BrNO2/c1-10-9-13(17)11(2)14(16(10)19-4)15(18-3)12-5-7-20-8-6-12/h9,12,15,18H,5-8H2,1-4H3. The highest BCUT2D eigenvalue weighted by atomic mass is 79.9. The van der Waals surface area contributed by atoms with E-state index in [1.54, 1.807) is 7.11 Å². The van der Waals surface area contributed by atoms with E-state index in [0.29, 0.717) is 12.0 Å². The van der Waals surface area contributed by atoms with E-state index in [1.165, 1.54) is 16.7 Å². The molecule has 1 aromatic carbocycles. The molecule has 0 saturated carbocycles. The lowest BCUT2D eigenvalue weighted by Crippen LogP contribution is -2.31. The number of halogens is 1. The summed E-state index contributed by atoms with van der Waals surface area (Å²) < 4.78 is 12.3. The molecule has 1 fully saturated rings. The molecular weight excluding hydrogens is 318 g/mol. The highest BCUT2D eigenvalue weighted by molar-refractivity contribution is 9.10. The van der Waals surface area contributed by atoms with Crippen LogP contribution in [0.1, 0.15) is 35.6 Å². The van der Waals surface area contributed by atoms with Crippen LogP contribution in [0.15, 0.2) is 10.5 Å². The summed E-state index contributed by atoms with van der Waals surface area (Å²) in [4.78, 5) is 0. The van der Waals surface area contributed by atoms with Gasteiger partial charge in [-0.1, -0.05) is 15.9 Å². The summed E-state index contributed by atoms with van der Waals surface area (Å²) in [5.74, 6) is 1.60. The maximum atomic E-state index is 5.69. The van der Waals surface area contributed by atoms with E-state index in [9.17, 15) is 0 Å². The van der Waals surface area contributed by atoms with Gasteiger partial charge in [0.25, 0.3) is 0 Å². The summed E-state index contributed by atoms with van der Waals surface area (Å²) in [6.45, 7) is 5.97. The van der Waals surface area contributed by atoms with Crippen molar-refractivity contribution in [3.8, 4) is 5.75 Å². The normalized spacial score (nSPS) is 18.1. The van der Waals surface area contributed by atoms with Crippen molar-refractivity contribution in [1.82, 2.24) is 5.32 Å². The Kier molecular flexibility index (Phi) is 5.47. The van der Waals surface area contributed by atoms with Crippen LogP contribution >= 0.6 is 15.9 Å². The molecule has 20 heavy (non-hydrogen) atoms. The number of hydrogen-bond donors (Lipinski definition) is 1. The van der Waals surface area contributed by atoms with Crippen molar-refractivity contribution in [3.05, 3.63) is 27.2 Å². The predicted molar refractivity (Wildman–Crippen MR) is 85.5 cm³/mol. The minimum Gasteiger partial charge on any atom is -0.496 e. The Labute approximate surface area is 130 Å². The van der Waals surface area contributed by atoms with Gasteiger partial charge in [0.15, 0.2) is 0 Å². The summed E-state index contributed by atoms with van der Waals surface area (Å²) in [5.41, 5.74) is 3.72. The maximum Gasteiger partial charge on any atom is 0.126 e. The van der Waals surface area contributed by atoms with Crippen LogP contribution in [0.2, 0.25) is 0 Å². The largest absolute Gasteiger partial charge is 0.496 e. The van der Waals surface area contributed by atoms with E-state index >= 15 is 0 Å². The molecule has 0 amide bonds. The van der Waals surface area contributed by atoms with Crippen LogP contribution in [-0.4, -0.2) is 27.4 Å². The molecule has 1 saturated heterocycles. The fraction of sp³-hybridized carbons (Fsp3) is 0.625. The van der Waals surface area contributed by atoms with Crippen LogP contribution in [0, 0.1) is 19.8 Å². The molecule has 1 heterocycles. The van der Waals surface area contributed by atoms with Crippen molar-refractivity contribution >= 4 is 15.9 Å². The van der Waals surface area contributed by atoms with Gasteiger partial charge in [0.05, 0.1) is 7.11 Å². The van der Waals surface area contributed by atoms with Crippen molar-refractivity contribution in [1.29, 1.82) is 0 Å². The van der Waals surface area contributed by atoms with Crippen molar-refractivity contribution in [2.45, 2.75) is 32.7 Å².